The van der Waals surface area contributed by atoms with Gasteiger partial charge in [0.2, 0.25) is 15.8 Å². The number of ketones is 1. The molecule has 0 saturated heterocycles. The fraction of sp³-hybridized carbons (Fsp3) is 0.400. The van der Waals surface area contributed by atoms with Gasteiger partial charge in [-0.3, -0.25) is 4.79 Å². The van der Waals surface area contributed by atoms with Crippen LogP contribution < -0.4 is 0 Å². The average molecular weight is 424 g/mol. The molecule has 0 spiro atoms. The summed E-state index contributed by atoms with van der Waals surface area (Å²) >= 11 is 1.51. The van der Waals surface area contributed by atoms with E-state index in [1.165, 1.54) is 27.8 Å². The predicted octanol–water partition coefficient (Wildman–Crippen LogP) is 3.74. The van der Waals surface area contributed by atoms with Crippen molar-refractivity contribution in [1.82, 2.24) is 4.31 Å². The van der Waals surface area contributed by atoms with Gasteiger partial charge in [0, 0.05) is 28.4 Å². The molecular weight excluding hydrogens is 398 g/mol. The zero-order chi connectivity index (χ0) is 21.1. The Labute approximate surface area is 170 Å². The van der Waals surface area contributed by atoms with Crippen molar-refractivity contribution >= 4 is 33.1 Å². The molecule has 0 aliphatic rings. The summed E-state index contributed by atoms with van der Waals surface area (Å²) in [4.78, 5) is 26.7. The van der Waals surface area contributed by atoms with E-state index in [-0.39, 0.29) is 22.8 Å². The first-order valence-electron chi connectivity index (χ1n) is 8.99. The molecule has 0 aliphatic carbocycles. The Hall–Kier alpha value is -2.03. The molecule has 0 bridgehead atoms. The topological polar surface area (TPSA) is 80.8 Å². The van der Waals surface area contributed by atoms with Gasteiger partial charge in [-0.1, -0.05) is 19.9 Å². The zero-order valence-corrected chi connectivity index (χ0v) is 18.4. The summed E-state index contributed by atoms with van der Waals surface area (Å²) in [5.74, 6) is -0.994. The van der Waals surface area contributed by atoms with Gasteiger partial charge >= 0.3 is 5.97 Å². The molecule has 0 saturated carbocycles. The van der Waals surface area contributed by atoms with Crippen molar-refractivity contribution in [3.05, 3.63) is 50.7 Å². The van der Waals surface area contributed by atoms with Crippen LogP contribution in [-0.2, 0) is 14.8 Å². The van der Waals surface area contributed by atoms with E-state index in [2.05, 4.69) is 0 Å². The Kier molecular flexibility index (Phi) is 7.14. The van der Waals surface area contributed by atoms with Gasteiger partial charge in [0.25, 0.3) is 0 Å². The molecule has 6 nitrogen and oxygen atoms in total. The quantitative estimate of drug-likeness (QED) is 0.477. The maximum Gasteiger partial charge on any atom is 0.338 e. The first-order chi connectivity index (χ1) is 13.1. The van der Waals surface area contributed by atoms with Gasteiger partial charge < -0.3 is 4.74 Å². The number of nitrogens with zero attached hydrogens (tertiary/aromatic N) is 1. The van der Waals surface area contributed by atoms with Crippen LogP contribution in [0.2, 0.25) is 0 Å². The second kappa shape index (κ2) is 8.98. The number of hydrogen-bond donors (Lipinski definition) is 0. The van der Waals surface area contributed by atoms with Crippen molar-refractivity contribution in [2.45, 2.75) is 39.5 Å². The fourth-order valence-corrected chi connectivity index (χ4v) is 5.32. The summed E-state index contributed by atoms with van der Waals surface area (Å²) in [6.45, 7) is 9.24. The SMILES string of the molecule is CCN(CC)S(=O)(=O)c1ccc(C)c(C(=O)OCC(=O)c2cc(C)sc2C)c1. The van der Waals surface area contributed by atoms with E-state index in [0.717, 1.165) is 9.75 Å². The lowest BCUT2D eigenvalue weighted by atomic mass is 10.1. The number of thiophene rings is 1. The van der Waals surface area contributed by atoms with Crippen molar-refractivity contribution in [1.29, 1.82) is 0 Å². The number of Topliss-reactive ketones (excluding diaryl/α,β-unsaturated/α-hetero) is 1. The summed E-state index contributed by atoms with van der Waals surface area (Å²) < 4.78 is 31.9. The first kappa shape index (κ1) is 22.3. The number of ether oxygens (including phenoxy) is 1. The molecule has 0 unspecified atom stereocenters. The molecular formula is C20H25NO5S2. The summed E-state index contributed by atoms with van der Waals surface area (Å²) in [6, 6.07) is 6.14. The maximum atomic E-state index is 12.7. The Morgan fingerprint density at radius 1 is 1.04 bits per heavy atom. The lowest BCUT2D eigenvalue weighted by molar-refractivity contribution is 0.0473. The van der Waals surface area contributed by atoms with Crippen molar-refractivity contribution in [2.75, 3.05) is 19.7 Å². The average Bonchev–Trinajstić information content (AvgIpc) is 2.98. The predicted molar refractivity (Wildman–Crippen MR) is 110 cm³/mol. The molecule has 2 rings (SSSR count). The van der Waals surface area contributed by atoms with Crippen LogP contribution in [0.4, 0.5) is 0 Å². The first-order valence-corrected chi connectivity index (χ1v) is 11.3. The van der Waals surface area contributed by atoms with Gasteiger partial charge in [-0.25, -0.2) is 13.2 Å². The fourth-order valence-electron chi connectivity index (χ4n) is 2.89. The lowest BCUT2D eigenvalue weighted by Crippen LogP contribution is -2.30. The van der Waals surface area contributed by atoms with Crippen LogP contribution in [0.25, 0.3) is 0 Å². The Morgan fingerprint density at radius 3 is 2.21 bits per heavy atom. The van der Waals surface area contributed by atoms with Crippen LogP contribution in [0.5, 0.6) is 0 Å². The second-order valence-electron chi connectivity index (χ2n) is 6.39. The Bertz CT molecular complexity index is 988. The molecule has 1 aromatic carbocycles. The highest BCUT2D eigenvalue weighted by molar-refractivity contribution is 7.89. The third kappa shape index (κ3) is 4.68. The van der Waals surface area contributed by atoms with E-state index in [1.807, 2.05) is 13.8 Å². The van der Waals surface area contributed by atoms with Gasteiger partial charge in [-0.05, 0) is 44.5 Å². The number of esters is 1. The largest absolute Gasteiger partial charge is 0.454 e. The van der Waals surface area contributed by atoms with E-state index in [1.54, 1.807) is 32.9 Å². The Balaban J connectivity index is 2.21. The second-order valence-corrected chi connectivity index (χ2v) is 9.79. The standard InChI is InChI=1S/C20H25NO5S2/c1-6-21(7-2)28(24,25)16-9-8-13(3)17(11-16)20(23)26-12-19(22)18-10-14(4)27-15(18)5/h8-11H,6-7,12H2,1-5H3. The zero-order valence-electron chi connectivity index (χ0n) is 16.7. The molecule has 0 atom stereocenters. The smallest absolute Gasteiger partial charge is 0.338 e. The van der Waals surface area contributed by atoms with Crippen molar-refractivity contribution in [2.24, 2.45) is 0 Å². The number of hydrogen-bond acceptors (Lipinski definition) is 6. The molecule has 1 aromatic heterocycles. The van der Waals surface area contributed by atoms with Crippen LogP contribution in [0.15, 0.2) is 29.2 Å². The monoisotopic (exact) mass is 423 g/mol. The normalized spacial score (nSPS) is 11.6. The minimum Gasteiger partial charge on any atom is -0.454 e. The molecule has 0 aliphatic heterocycles. The van der Waals surface area contributed by atoms with Gasteiger partial charge in [0.05, 0.1) is 10.5 Å². The van der Waals surface area contributed by atoms with Gasteiger partial charge in [-0.2, -0.15) is 4.31 Å². The van der Waals surface area contributed by atoms with Gasteiger partial charge in [-0.15, -0.1) is 11.3 Å². The van der Waals surface area contributed by atoms with Crippen molar-refractivity contribution < 1.29 is 22.7 Å². The van der Waals surface area contributed by atoms with Crippen LogP contribution in [0, 0.1) is 20.8 Å². The number of rotatable bonds is 8. The van der Waals surface area contributed by atoms with Gasteiger partial charge in [0.1, 0.15) is 0 Å². The van der Waals surface area contributed by atoms with Crippen LogP contribution >= 0.6 is 11.3 Å². The molecule has 0 amide bonds. The highest BCUT2D eigenvalue weighted by atomic mass is 32.2. The van der Waals surface area contributed by atoms with Crippen LogP contribution in [0.3, 0.4) is 0 Å². The van der Waals surface area contributed by atoms with E-state index < -0.39 is 16.0 Å². The number of sulfonamides is 1. The number of carbonyl (C=O) groups is 2. The maximum absolute atomic E-state index is 12.7. The van der Waals surface area contributed by atoms with E-state index in [4.69, 9.17) is 4.74 Å². The molecule has 0 N–H and O–H groups in total. The molecule has 0 radical (unpaired) electrons. The summed E-state index contributed by atoms with van der Waals surface area (Å²) in [7, 11) is -3.69. The molecule has 152 valence electrons. The number of carbonyl (C=O) groups excluding carboxylic acids is 2. The highest BCUT2D eigenvalue weighted by Crippen LogP contribution is 2.22. The van der Waals surface area contributed by atoms with Crippen LogP contribution in [-0.4, -0.2) is 44.2 Å². The summed E-state index contributed by atoms with van der Waals surface area (Å²) in [5, 5.41) is 0. The third-order valence-electron chi connectivity index (χ3n) is 4.45. The molecule has 0 fully saturated rings. The van der Waals surface area contributed by atoms with Gasteiger partial charge in [0.15, 0.2) is 6.61 Å². The van der Waals surface area contributed by atoms with E-state index in [9.17, 15) is 18.0 Å². The molecule has 8 heteroatoms. The highest BCUT2D eigenvalue weighted by Gasteiger charge is 2.24. The van der Waals surface area contributed by atoms with Crippen molar-refractivity contribution in [3.8, 4) is 0 Å². The lowest BCUT2D eigenvalue weighted by Gasteiger charge is -2.19. The minimum absolute atomic E-state index is 0.0318. The van der Waals surface area contributed by atoms with Crippen molar-refractivity contribution in [3.63, 3.8) is 0 Å². The summed E-state index contributed by atoms with van der Waals surface area (Å²) in [6.07, 6.45) is 0. The molecule has 1 heterocycles. The van der Waals surface area contributed by atoms with Crippen LogP contribution in [0.1, 0.15) is 49.9 Å². The minimum atomic E-state index is -3.69. The van der Waals surface area contributed by atoms with E-state index >= 15 is 0 Å². The molecule has 28 heavy (non-hydrogen) atoms. The number of aryl methyl sites for hydroxylation is 3. The third-order valence-corrected chi connectivity index (χ3v) is 7.46. The molecule has 2 aromatic rings. The van der Waals surface area contributed by atoms with E-state index in [0.29, 0.717) is 24.2 Å². The summed E-state index contributed by atoms with van der Waals surface area (Å²) in [5.41, 5.74) is 1.27. The number of benzene rings is 1. The Morgan fingerprint density at radius 2 is 1.68 bits per heavy atom.